The molecule has 0 radical (unpaired) electrons. The summed E-state index contributed by atoms with van der Waals surface area (Å²) in [5.74, 6) is 1.34. The van der Waals surface area contributed by atoms with Crippen molar-refractivity contribution in [2.24, 2.45) is 10.7 Å². The highest BCUT2D eigenvalue weighted by Crippen LogP contribution is 2.25. The van der Waals surface area contributed by atoms with Crippen LogP contribution in [-0.2, 0) is 5.41 Å². The van der Waals surface area contributed by atoms with Crippen LogP contribution in [0.15, 0.2) is 29.3 Å². The molecule has 0 aliphatic heterocycles. The third kappa shape index (κ3) is 8.14. The third-order valence-electron chi connectivity index (χ3n) is 2.78. The number of benzene rings is 1. The number of guanidine groups is 1. The Bertz CT molecular complexity index is 453. The van der Waals surface area contributed by atoms with Crippen molar-refractivity contribution in [1.82, 2.24) is 5.32 Å². The molecule has 0 saturated carbocycles. The Morgan fingerprint density at radius 3 is 2.57 bits per heavy atom. The van der Waals surface area contributed by atoms with Gasteiger partial charge in [0.2, 0.25) is 0 Å². The van der Waals surface area contributed by atoms with E-state index in [2.05, 4.69) is 43.2 Å². The molecule has 1 rings (SSSR count). The Balaban J connectivity index is 0.00000400. The van der Waals surface area contributed by atoms with Gasteiger partial charge in [-0.25, -0.2) is 4.99 Å². The average molecular weight is 405 g/mol. The molecule has 0 aliphatic rings. The standard InChI is InChI=1S/C16H27N3O.HI/c1-12(2)19-15(17)18-9-10-20-14-8-6-7-13(11-14)16(3,4)5;/h6-8,11-12H,9-10H2,1-5H3,(H3,17,18,19);1H. The van der Waals surface area contributed by atoms with Gasteiger partial charge in [-0.2, -0.15) is 0 Å². The van der Waals surface area contributed by atoms with Crippen molar-refractivity contribution in [2.75, 3.05) is 13.2 Å². The SMILES string of the molecule is CC(C)NC(N)=NCCOc1cccc(C(C)(C)C)c1.I. The minimum absolute atomic E-state index is 0. The molecule has 0 aromatic heterocycles. The lowest BCUT2D eigenvalue weighted by Gasteiger charge is -2.19. The lowest BCUT2D eigenvalue weighted by Crippen LogP contribution is -2.37. The van der Waals surface area contributed by atoms with Crippen molar-refractivity contribution in [3.8, 4) is 5.75 Å². The van der Waals surface area contributed by atoms with Crippen molar-refractivity contribution >= 4 is 29.9 Å². The maximum atomic E-state index is 5.72. The monoisotopic (exact) mass is 405 g/mol. The molecule has 21 heavy (non-hydrogen) atoms. The number of hydrogen-bond donors (Lipinski definition) is 2. The van der Waals surface area contributed by atoms with Crippen LogP contribution in [0.5, 0.6) is 5.75 Å². The summed E-state index contributed by atoms with van der Waals surface area (Å²) in [5.41, 5.74) is 7.11. The first kappa shape index (κ1) is 20.0. The molecule has 0 spiro atoms. The maximum Gasteiger partial charge on any atom is 0.188 e. The van der Waals surface area contributed by atoms with Crippen LogP contribution in [0.1, 0.15) is 40.2 Å². The van der Waals surface area contributed by atoms with Gasteiger partial charge in [0.25, 0.3) is 0 Å². The number of hydrogen-bond acceptors (Lipinski definition) is 2. The second kappa shape index (κ2) is 9.12. The van der Waals surface area contributed by atoms with E-state index in [0.717, 1.165) is 5.75 Å². The molecule has 0 saturated heterocycles. The van der Waals surface area contributed by atoms with Crippen molar-refractivity contribution in [3.63, 3.8) is 0 Å². The van der Waals surface area contributed by atoms with E-state index in [4.69, 9.17) is 10.5 Å². The van der Waals surface area contributed by atoms with Crippen molar-refractivity contribution < 1.29 is 4.74 Å². The molecule has 1 aromatic carbocycles. The molecular weight excluding hydrogens is 377 g/mol. The largest absolute Gasteiger partial charge is 0.492 e. The minimum Gasteiger partial charge on any atom is -0.492 e. The topological polar surface area (TPSA) is 59.6 Å². The van der Waals surface area contributed by atoms with Gasteiger partial charge in [-0.1, -0.05) is 32.9 Å². The van der Waals surface area contributed by atoms with Gasteiger partial charge in [-0.3, -0.25) is 0 Å². The first-order valence-corrected chi connectivity index (χ1v) is 7.09. The molecule has 1 aromatic rings. The van der Waals surface area contributed by atoms with E-state index in [0.29, 0.717) is 25.2 Å². The molecule has 0 amide bonds. The molecule has 120 valence electrons. The van der Waals surface area contributed by atoms with Crippen LogP contribution in [0.4, 0.5) is 0 Å². The quantitative estimate of drug-likeness (QED) is 0.342. The fourth-order valence-electron chi connectivity index (χ4n) is 1.72. The Morgan fingerprint density at radius 1 is 1.33 bits per heavy atom. The first-order chi connectivity index (χ1) is 9.29. The van der Waals surface area contributed by atoms with Crippen LogP contribution >= 0.6 is 24.0 Å². The zero-order valence-electron chi connectivity index (χ0n) is 13.6. The second-order valence-electron chi connectivity index (χ2n) is 6.19. The van der Waals surface area contributed by atoms with Gasteiger partial charge in [-0.15, -0.1) is 24.0 Å². The molecule has 0 unspecified atom stereocenters. The molecule has 4 nitrogen and oxygen atoms in total. The van der Waals surface area contributed by atoms with E-state index in [-0.39, 0.29) is 29.4 Å². The van der Waals surface area contributed by atoms with Gasteiger partial charge in [0.1, 0.15) is 12.4 Å². The van der Waals surface area contributed by atoms with E-state index in [1.165, 1.54) is 5.56 Å². The number of nitrogens with zero attached hydrogens (tertiary/aromatic N) is 1. The molecule has 3 N–H and O–H groups in total. The summed E-state index contributed by atoms with van der Waals surface area (Å²) >= 11 is 0. The summed E-state index contributed by atoms with van der Waals surface area (Å²) in [6.07, 6.45) is 0. The maximum absolute atomic E-state index is 5.72. The lowest BCUT2D eigenvalue weighted by molar-refractivity contribution is 0.327. The Labute approximate surface area is 145 Å². The Morgan fingerprint density at radius 2 is 2.00 bits per heavy atom. The lowest BCUT2D eigenvalue weighted by atomic mass is 9.87. The number of nitrogens with one attached hydrogen (secondary N) is 1. The van der Waals surface area contributed by atoms with Gasteiger partial charge in [0, 0.05) is 6.04 Å². The highest BCUT2D eigenvalue weighted by atomic mass is 127. The van der Waals surface area contributed by atoms with Crippen LogP contribution in [0, 0.1) is 0 Å². The Hall–Kier alpha value is -0.980. The summed E-state index contributed by atoms with van der Waals surface area (Å²) in [5, 5.41) is 3.04. The van der Waals surface area contributed by atoms with Crippen LogP contribution < -0.4 is 15.8 Å². The smallest absolute Gasteiger partial charge is 0.188 e. The van der Waals surface area contributed by atoms with Crippen LogP contribution in [0.2, 0.25) is 0 Å². The van der Waals surface area contributed by atoms with E-state index < -0.39 is 0 Å². The summed E-state index contributed by atoms with van der Waals surface area (Å²) in [6, 6.07) is 8.49. The van der Waals surface area contributed by atoms with Gasteiger partial charge < -0.3 is 15.8 Å². The van der Waals surface area contributed by atoms with E-state index in [1.54, 1.807) is 0 Å². The zero-order valence-corrected chi connectivity index (χ0v) is 16.0. The molecule has 0 bridgehead atoms. The highest BCUT2D eigenvalue weighted by molar-refractivity contribution is 14.0. The minimum atomic E-state index is 0. The van der Waals surface area contributed by atoms with Crippen molar-refractivity contribution in [3.05, 3.63) is 29.8 Å². The number of nitrogens with two attached hydrogens (primary N) is 1. The van der Waals surface area contributed by atoms with Crippen molar-refractivity contribution in [2.45, 2.75) is 46.1 Å². The normalized spacial score (nSPS) is 12.0. The number of halogens is 1. The van der Waals surface area contributed by atoms with E-state index >= 15 is 0 Å². The van der Waals surface area contributed by atoms with Gasteiger partial charge >= 0.3 is 0 Å². The van der Waals surface area contributed by atoms with Gasteiger partial charge in [-0.05, 0) is 37.0 Å². The molecule has 0 atom stereocenters. The van der Waals surface area contributed by atoms with E-state index in [1.807, 2.05) is 26.0 Å². The molecule has 5 heteroatoms. The third-order valence-corrected chi connectivity index (χ3v) is 2.78. The van der Waals surface area contributed by atoms with Crippen LogP contribution in [-0.4, -0.2) is 25.2 Å². The Kier molecular flexibility index (Phi) is 8.70. The summed E-state index contributed by atoms with van der Waals surface area (Å²) in [7, 11) is 0. The predicted octanol–water partition coefficient (Wildman–Crippen LogP) is 3.29. The van der Waals surface area contributed by atoms with Crippen LogP contribution in [0.3, 0.4) is 0 Å². The fourth-order valence-corrected chi connectivity index (χ4v) is 1.72. The average Bonchev–Trinajstić information content (AvgIpc) is 2.33. The van der Waals surface area contributed by atoms with E-state index in [9.17, 15) is 0 Å². The number of ether oxygens (including phenoxy) is 1. The zero-order chi connectivity index (χ0) is 15.2. The molecular formula is C16H28IN3O. The molecule has 0 fully saturated rings. The highest BCUT2D eigenvalue weighted by Gasteiger charge is 2.13. The van der Waals surface area contributed by atoms with Gasteiger partial charge in [0.05, 0.1) is 6.54 Å². The second-order valence-corrected chi connectivity index (χ2v) is 6.19. The van der Waals surface area contributed by atoms with Gasteiger partial charge in [0.15, 0.2) is 5.96 Å². The summed E-state index contributed by atoms with van der Waals surface area (Å²) in [6.45, 7) is 11.7. The van der Waals surface area contributed by atoms with Crippen molar-refractivity contribution in [1.29, 1.82) is 0 Å². The fraction of sp³-hybridized carbons (Fsp3) is 0.562. The molecule has 0 heterocycles. The summed E-state index contributed by atoms with van der Waals surface area (Å²) in [4.78, 5) is 4.21. The first-order valence-electron chi connectivity index (χ1n) is 7.09. The van der Waals surface area contributed by atoms with Crippen LogP contribution in [0.25, 0.3) is 0 Å². The number of aliphatic imine (C=N–C) groups is 1. The predicted molar refractivity (Wildman–Crippen MR) is 101 cm³/mol. The number of rotatable bonds is 5. The summed E-state index contributed by atoms with van der Waals surface area (Å²) < 4.78 is 5.71. The molecule has 0 aliphatic carbocycles.